The van der Waals surface area contributed by atoms with Gasteiger partial charge in [-0.2, -0.15) is 0 Å². The van der Waals surface area contributed by atoms with Crippen LogP contribution in [0.4, 0.5) is 34.1 Å². The van der Waals surface area contributed by atoms with Crippen LogP contribution in [-0.4, -0.2) is 0 Å². The topological polar surface area (TPSA) is 32.8 Å². The highest BCUT2D eigenvalue weighted by Gasteiger charge is 2.20. The first-order valence-electron chi connectivity index (χ1n) is 18.2. The van der Waals surface area contributed by atoms with Crippen LogP contribution in [0.5, 0.6) is 0 Å². The summed E-state index contributed by atoms with van der Waals surface area (Å²) in [6, 6.07) is 68.5. The first-order valence-corrected chi connectivity index (χ1v) is 18.2. The van der Waals surface area contributed by atoms with Crippen LogP contribution < -0.4 is 9.80 Å². The molecule has 0 bridgehead atoms. The minimum atomic E-state index is 0.833. The number of hydrogen-bond donors (Lipinski definition) is 0. The van der Waals surface area contributed by atoms with Gasteiger partial charge in [0.25, 0.3) is 0 Å². The monoisotopic (exact) mass is 692 g/mol. The maximum Gasteiger partial charge on any atom is 0.137 e. The fourth-order valence-electron chi connectivity index (χ4n) is 8.05. The lowest BCUT2D eigenvalue weighted by molar-refractivity contribution is 0.669. The molecule has 0 radical (unpaired) electrons. The van der Waals surface area contributed by atoms with Crippen molar-refractivity contribution in [2.45, 2.75) is 0 Å². The number of rotatable bonds is 6. The van der Waals surface area contributed by atoms with Crippen molar-refractivity contribution in [3.63, 3.8) is 0 Å². The van der Waals surface area contributed by atoms with Gasteiger partial charge >= 0.3 is 0 Å². The van der Waals surface area contributed by atoms with Crippen molar-refractivity contribution >= 4 is 99.5 Å². The molecule has 0 aliphatic heterocycles. The van der Waals surface area contributed by atoms with Gasteiger partial charge in [0.05, 0.1) is 5.69 Å². The second-order valence-corrected chi connectivity index (χ2v) is 13.8. The molecule has 4 nitrogen and oxygen atoms in total. The van der Waals surface area contributed by atoms with E-state index in [4.69, 9.17) is 8.83 Å². The largest absolute Gasteiger partial charge is 0.456 e. The molecule has 254 valence electrons. The van der Waals surface area contributed by atoms with Crippen LogP contribution in [0.2, 0.25) is 0 Å². The summed E-state index contributed by atoms with van der Waals surface area (Å²) in [7, 11) is 0. The first-order chi connectivity index (χ1) is 26.7. The molecule has 9 aromatic carbocycles. The molecule has 2 heterocycles. The molecule has 54 heavy (non-hydrogen) atoms. The molecule has 0 atom stereocenters. The summed E-state index contributed by atoms with van der Waals surface area (Å²) in [4.78, 5) is 4.62. The zero-order valence-corrected chi connectivity index (χ0v) is 29.2. The van der Waals surface area contributed by atoms with Gasteiger partial charge in [-0.25, -0.2) is 0 Å². The fraction of sp³-hybridized carbons (Fsp3) is 0. The molecule has 4 heteroatoms. The molecule has 2 aromatic heterocycles. The van der Waals surface area contributed by atoms with Crippen molar-refractivity contribution in [2.75, 3.05) is 9.80 Å². The maximum absolute atomic E-state index is 6.69. The summed E-state index contributed by atoms with van der Waals surface area (Å²) < 4.78 is 13.0. The minimum Gasteiger partial charge on any atom is -0.456 e. The second-order valence-electron chi connectivity index (χ2n) is 13.8. The predicted molar refractivity (Wildman–Crippen MR) is 225 cm³/mol. The highest BCUT2D eigenvalue weighted by Crippen LogP contribution is 2.44. The van der Waals surface area contributed by atoms with Crippen molar-refractivity contribution < 1.29 is 8.83 Å². The van der Waals surface area contributed by atoms with Gasteiger partial charge in [-0.15, -0.1) is 0 Å². The molecular formula is C50H32N2O2. The van der Waals surface area contributed by atoms with Gasteiger partial charge < -0.3 is 18.6 Å². The van der Waals surface area contributed by atoms with Crippen LogP contribution in [0.3, 0.4) is 0 Å². The zero-order valence-electron chi connectivity index (χ0n) is 29.2. The number of para-hydroxylation sites is 3. The molecule has 0 N–H and O–H groups in total. The van der Waals surface area contributed by atoms with Gasteiger partial charge in [-0.1, -0.05) is 97.1 Å². The van der Waals surface area contributed by atoms with E-state index in [1.807, 2.05) is 18.2 Å². The van der Waals surface area contributed by atoms with Gasteiger partial charge in [0.15, 0.2) is 0 Å². The molecule has 0 unspecified atom stereocenters. The molecule has 0 aliphatic carbocycles. The number of hydrogen-bond acceptors (Lipinski definition) is 4. The average molecular weight is 693 g/mol. The van der Waals surface area contributed by atoms with E-state index in [0.717, 1.165) is 88.8 Å². The van der Waals surface area contributed by atoms with E-state index in [1.165, 1.54) is 10.8 Å². The summed E-state index contributed by atoms with van der Waals surface area (Å²) in [5.74, 6) is 0. The quantitative estimate of drug-likeness (QED) is 0.174. The predicted octanol–water partition coefficient (Wildman–Crippen LogP) is 14.7. The van der Waals surface area contributed by atoms with Crippen LogP contribution in [0.1, 0.15) is 0 Å². The number of nitrogens with zero attached hydrogens (tertiary/aromatic N) is 2. The lowest BCUT2D eigenvalue weighted by Crippen LogP contribution is -2.10. The highest BCUT2D eigenvalue weighted by molar-refractivity contribution is 6.14. The average Bonchev–Trinajstić information content (AvgIpc) is 3.78. The maximum atomic E-state index is 6.69. The SMILES string of the molecule is c1ccc(N(c2ccc3c(c2)oc2ccccc23)c2ccc3c(c2)oc2cc4cccc(N(c5ccccc5)c5ccc6ccccc6c5)c4cc23)cc1. The Balaban J connectivity index is 1.07. The van der Waals surface area contributed by atoms with Crippen molar-refractivity contribution in [3.8, 4) is 0 Å². The van der Waals surface area contributed by atoms with Crippen molar-refractivity contribution in [1.29, 1.82) is 0 Å². The number of fused-ring (bicyclic) bond motifs is 8. The Bertz CT molecular complexity index is 3180. The molecule has 0 amide bonds. The number of benzene rings is 9. The summed E-state index contributed by atoms with van der Waals surface area (Å²) in [6.07, 6.45) is 0. The normalized spacial score (nSPS) is 11.7. The fourth-order valence-corrected chi connectivity index (χ4v) is 8.05. The van der Waals surface area contributed by atoms with Crippen LogP contribution in [0, 0.1) is 0 Å². The Hall–Kier alpha value is -7.30. The molecule has 0 saturated heterocycles. The van der Waals surface area contributed by atoms with E-state index >= 15 is 0 Å². The second kappa shape index (κ2) is 12.1. The van der Waals surface area contributed by atoms with Crippen LogP contribution in [-0.2, 0) is 0 Å². The first kappa shape index (κ1) is 30.3. The summed E-state index contributed by atoms with van der Waals surface area (Å²) in [5.41, 5.74) is 9.81. The Morgan fingerprint density at radius 1 is 0.259 bits per heavy atom. The zero-order chi connectivity index (χ0) is 35.6. The highest BCUT2D eigenvalue weighted by atomic mass is 16.3. The van der Waals surface area contributed by atoms with Gasteiger partial charge in [-0.3, -0.25) is 0 Å². The van der Waals surface area contributed by atoms with Crippen LogP contribution in [0.15, 0.2) is 203 Å². The van der Waals surface area contributed by atoms with E-state index in [0.29, 0.717) is 0 Å². The lowest BCUT2D eigenvalue weighted by atomic mass is 10.0. The Morgan fingerprint density at radius 2 is 0.796 bits per heavy atom. The van der Waals surface area contributed by atoms with E-state index in [9.17, 15) is 0 Å². The molecule has 0 spiro atoms. The van der Waals surface area contributed by atoms with E-state index in [1.54, 1.807) is 0 Å². The van der Waals surface area contributed by atoms with Crippen LogP contribution >= 0.6 is 0 Å². The van der Waals surface area contributed by atoms with Gasteiger partial charge in [-0.05, 0) is 101 Å². The third-order valence-electron chi connectivity index (χ3n) is 10.6. The summed E-state index contributed by atoms with van der Waals surface area (Å²) >= 11 is 0. The third kappa shape index (κ3) is 4.92. The van der Waals surface area contributed by atoms with Crippen molar-refractivity contribution in [2.24, 2.45) is 0 Å². The molecule has 0 aliphatic rings. The number of furan rings is 2. The van der Waals surface area contributed by atoms with Gasteiger partial charge in [0, 0.05) is 67.5 Å². The van der Waals surface area contributed by atoms with E-state index in [-0.39, 0.29) is 0 Å². The van der Waals surface area contributed by atoms with E-state index < -0.39 is 0 Å². The van der Waals surface area contributed by atoms with Crippen molar-refractivity contribution in [1.82, 2.24) is 0 Å². The van der Waals surface area contributed by atoms with E-state index in [2.05, 4.69) is 186 Å². The van der Waals surface area contributed by atoms with Crippen molar-refractivity contribution in [3.05, 3.63) is 194 Å². The minimum absolute atomic E-state index is 0.833. The number of anilines is 6. The summed E-state index contributed by atoms with van der Waals surface area (Å²) in [5, 5.41) is 9.07. The molecule has 0 fully saturated rings. The lowest BCUT2D eigenvalue weighted by Gasteiger charge is -2.27. The molecule has 11 aromatic rings. The Kier molecular flexibility index (Phi) is 6.82. The standard InChI is InChI=1S/C50H32N2O2/c1-3-15-36(16-4-1)51(39-24-26-42-41-19-9-10-21-47(41)53-49(42)30-39)40-25-27-43-45-32-44-35(29-48(45)54-50(43)31-40)14-11-20-46(44)52(37-17-5-2-6-18-37)38-23-22-33-12-7-8-13-34(33)28-38/h1-32H. The molecule has 0 saturated carbocycles. The van der Waals surface area contributed by atoms with Gasteiger partial charge in [0.2, 0.25) is 0 Å². The smallest absolute Gasteiger partial charge is 0.137 e. The Labute approximate surface area is 311 Å². The molecular weight excluding hydrogens is 661 g/mol. The Morgan fingerprint density at radius 3 is 1.56 bits per heavy atom. The third-order valence-corrected chi connectivity index (χ3v) is 10.6. The molecule has 11 rings (SSSR count). The van der Waals surface area contributed by atoms with Gasteiger partial charge in [0.1, 0.15) is 22.3 Å². The summed E-state index contributed by atoms with van der Waals surface area (Å²) in [6.45, 7) is 0. The van der Waals surface area contributed by atoms with Crippen LogP contribution in [0.25, 0.3) is 65.4 Å².